The summed E-state index contributed by atoms with van der Waals surface area (Å²) in [5.74, 6) is -0.606. The van der Waals surface area contributed by atoms with Crippen molar-refractivity contribution in [3.05, 3.63) is 59.5 Å². The van der Waals surface area contributed by atoms with Gasteiger partial charge in [-0.15, -0.1) is 0 Å². The SMILES string of the molecule is Cc1cc(N/C=C2\C(=O)Nc3cc(F)ccc32)ccc1NCCCN1CCOCC1. The standard InChI is InChI=1S/C23H27FN4O2/c1-16-13-18(4-6-21(16)25-7-2-8-28-9-11-30-12-10-28)26-15-20-19-5-3-17(24)14-22(19)27-23(20)29/h3-6,13-15,25-26H,2,7-12H2,1H3,(H,27,29)/b20-15-. The molecule has 0 atom stereocenters. The van der Waals surface area contributed by atoms with Crippen LogP contribution in [-0.2, 0) is 9.53 Å². The van der Waals surface area contributed by atoms with Crippen molar-refractivity contribution < 1.29 is 13.9 Å². The van der Waals surface area contributed by atoms with Crippen molar-refractivity contribution in [2.24, 2.45) is 0 Å². The van der Waals surface area contributed by atoms with Gasteiger partial charge in [0.15, 0.2) is 0 Å². The largest absolute Gasteiger partial charge is 0.385 e. The number of morpholine rings is 1. The van der Waals surface area contributed by atoms with E-state index in [9.17, 15) is 9.18 Å². The molecule has 2 heterocycles. The molecule has 0 spiro atoms. The molecule has 4 rings (SSSR count). The molecule has 158 valence electrons. The molecule has 2 aliphatic heterocycles. The maximum atomic E-state index is 13.4. The summed E-state index contributed by atoms with van der Waals surface area (Å²) >= 11 is 0. The summed E-state index contributed by atoms with van der Waals surface area (Å²) in [6.07, 6.45) is 2.75. The monoisotopic (exact) mass is 410 g/mol. The Morgan fingerprint density at radius 1 is 1.20 bits per heavy atom. The highest BCUT2D eigenvalue weighted by molar-refractivity contribution is 6.31. The molecule has 30 heavy (non-hydrogen) atoms. The van der Waals surface area contributed by atoms with Crippen molar-refractivity contribution in [3.8, 4) is 0 Å². The van der Waals surface area contributed by atoms with Crippen molar-refractivity contribution in [2.45, 2.75) is 13.3 Å². The van der Waals surface area contributed by atoms with E-state index in [4.69, 9.17) is 4.74 Å². The van der Waals surface area contributed by atoms with Crippen LogP contribution in [0.15, 0.2) is 42.6 Å². The van der Waals surface area contributed by atoms with E-state index in [2.05, 4.69) is 27.8 Å². The number of halogens is 1. The third-order valence-corrected chi connectivity index (χ3v) is 5.44. The van der Waals surface area contributed by atoms with Gasteiger partial charge >= 0.3 is 0 Å². The van der Waals surface area contributed by atoms with Gasteiger partial charge in [-0.05, 0) is 61.9 Å². The van der Waals surface area contributed by atoms with Gasteiger partial charge in [0.05, 0.1) is 24.5 Å². The molecule has 0 aromatic heterocycles. The van der Waals surface area contributed by atoms with Gasteiger partial charge in [0, 0.05) is 42.8 Å². The van der Waals surface area contributed by atoms with Crippen molar-refractivity contribution >= 4 is 28.5 Å². The number of fused-ring (bicyclic) bond motifs is 1. The first-order valence-corrected chi connectivity index (χ1v) is 10.3. The van der Waals surface area contributed by atoms with Crippen molar-refractivity contribution in [1.82, 2.24) is 4.90 Å². The van der Waals surface area contributed by atoms with Gasteiger partial charge in [-0.1, -0.05) is 0 Å². The summed E-state index contributed by atoms with van der Waals surface area (Å²) in [6, 6.07) is 10.4. The fraction of sp³-hybridized carbons (Fsp3) is 0.348. The van der Waals surface area contributed by atoms with Crippen LogP contribution in [0, 0.1) is 12.7 Å². The van der Waals surface area contributed by atoms with Gasteiger partial charge < -0.3 is 20.7 Å². The minimum absolute atomic E-state index is 0.238. The van der Waals surface area contributed by atoms with Gasteiger partial charge in [-0.2, -0.15) is 0 Å². The second-order valence-corrected chi connectivity index (χ2v) is 7.61. The first-order valence-electron chi connectivity index (χ1n) is 10.3. The molecule has 0 bridgehead atoms. The van der Waals surface area contributed by atoms with Gasteiger partial charge in [0.2, 0.25) is 0 Å². The number of hydrogen-bond donors (Lipinski definition) is 3. The van der Waals surface area contributed by atoms with Crippen LogP contribution in [-0.4, -0.2) is 50.2 Å². The van der Waals surface area contributed by atoms with E-state index in [1.165, 1.54) is 12.1 Å². The summed E-state index contributed by atoms with van der Waals surface area (Å²) in [5, 5.41) is 9.38. The van der Waals surface area contributed by atoms with Crippen LogP contribution in [0.25, 0.3) is 5.57 Å². The smallest absolute Gasteiger partial charge is 0.257 e. The van der Waals surface area contributed by atoms with Crippen LogP contribution in [0.1, 0.15) is 17.5 Å². The average Bonchev–Trinajstić information content (AvgIpc) is 3.05. The second-order valence-electron chi connectivity index (χ2n) is 7.61. The first kappa shape index (κ1) is 20.4. The number of rotatable bonds is 7. The highest BCUT2D eigenvalue weighted by atomic mass is 19.1. The zero-order chi connectivity index (χ0) is 20.9. The number of nitrogens with zero attached hydrogens (tertiary/aromatic N) is 1. The van der Waals surface area contributed by atoms with E-state index in [1.807, 2.05) is 18.2 Å². The molecule has 3 N–H and O–H groups in total. The molecular weight excluding hydrogens is 383 g/mol. The van der Waals surface area contributed by atoms with Gasteiger partial charge in [0.25, 0.3) is 5.91 Å². The number of carbonyl (C=O) groups excluding carboxylic acids is 1. The lowest BCUT2D eigenvalue weighted by atomic mass is 10.1. The molecule has 0 unspecified atom stereocenters. The fourth-order valence-corrected chi connectivity index (χ4v) is 3.77. The molecule has 7 heteroatoms. The minimum atomic E-state index is -0.369. The number of nitrogens with one attached hydrogen (secondary N) is 3. The maximum absolute atomic E-state index is 13.4. The van der Waals surface area contributed by atoms with E-state index < -0.39 is 0 Å². The van der Waals surface area contributed by atoms with E-state index in [1.54, 1.807) is 12.3 Å². The molecule has 2 aromatic rings. The Morgan fingerprint density at radius 3 is 2.83 bits per heavy atom. The van der Waals surface area contributed by atoms with Crippen molar-refractivity contribution in [3.63, 3.8) is 0 Å². The number of benzene rings is 2. The van der Waals surface area contributed by atoms with Crippen LogP contribution >= 0.6 is 0 Å². The Balaban J connectivity index is 1.32. The maximum Gasteiger partial charge on any atom is 0.257 e. The van der Waals surface area contributed by atoms with Gasteiger partial charge in [-0.25, -0.2) is 4.39 Å². The molecule has 6 nitrogen and oxygen atoms in total. The second kappa shape index (κ2) is 9.28. The third kappa shape index (κ3) is 4.80. The quantitative estimate of drug-likeness (QED) is 0.480. The van der Waals surface area contributed by atoms with Crippen LogP contribution in [0.4, 0.5) is 21.5 Å². The number of carbonyl (C=O) groups is 1. The number of ether oxygens (including phenoxy) is 1. The molecule has 2 aliphatic rings. The third-order valence-electron chi connectivity index (χ3n) is 5.44. The van der Waals surface area contributed by atoms with Crippen molar-refractivity contribution in [1.29, 1.82) is 0 Å². The molecule has 1 fully saturated rings. The van der Waals surface area contributed by atoms with E-state index in [0.29, 0.717) is 16.8 Å². The topological polar surface area (TPSA) is 65.6 Å². The Bertz CT molecular complexity index is 954. The highest BCUT2D eigenvalue weighted by Crippen LogP contribution is 2.32. The predicted octanol–water partition coefficient (Wildman–Crippen LogP) is 3.67. The molecule has 0 radical (unpaired) electrons. The average molecular weight is 410 g/mol. The van der Waals surface area contributed by atoms with Crippen LogP contribution in [0.5, 0.6) is 0 Å². The molecule has 2 aromatic carbocycles. The van der Waals surface area contributed by atoms with Crippen LogP contribution < -0.4 is 16.0 Å². The summed E-state index contributed by atoms with van der Waals surface area (Å²) < 4.78 is 18.7. The minimum Gasteiger partial charge on any atom is -0.385 e. The molecule has 1 saturated heterocycles. The Kier molecular flexibility index (Phi) is 6.30. The number of amides is 1. The summed E-state index contributed by atoms with van der Waals surface area (Å²) in [7, 11) is 0. The normalized spacial score (nSPS) is 17.7. The van der Waals surface area contributed by atoms with Gasteiger partial charge in [0.1, 0.15) is 5.82 Å². The Morgan fingerprint density at radius 2 is 2.03 bits per heavy atom. The number of aryl methyl sites for hydroxylation is 1. The van der Waals surface area contributed by atoms with E-state index >= 15 is 0 Å². The number of anilines is 3. The van der Waals surface area contributed by atoms with Crippen molar-refractivity contribution in [2.75, 3.05) is 55.3 Å². The molecular formula is C23H27FN4O2. The predicted molar refractivity (Wildman–Crippen MR) is 118 cm³/mol. The van der Waals surface area contributed by atoms with Gasteiger partial charge in [-0.3, -0.25) is 9.69 Å². The Labute approximate surface area is 176 Å². The molecule has 1 amide bonds. The lowest BCUT2D eigenvalue weighted by Gasteiger charge is -2.26. The zero-order valence-corrected chi connectivity index (χ0v) is 17.1. The highest BCUT2D eigenvalue weighted by Gasteiger charge is 2.24. The number of hydrogen-bond acceptors (Lipinski definition) is 5. The summed E-state index contributed by atoms with van der Waals surface area (Å²) in [6.45, 7) is 7.77. The molecule has 0 aliphatic carbocycles. The lowest BCUT2D eigenvalue weighted by molar-refractivity contribution is -0.110. The fourth-order valence-electron chi connectivity index (χ4n) is 3.77. The van der Waals surface area contributed by atoms with E-state index in [0.717, 1.165) is 62.8 Å². The lowest BCUT2D eigenvalue weighted by Crippen LogP contribution is -2.37. The summed E-state index contributed by atoms with van der Waals surface area (Å²) in [5.41, 5.74) is 4.82. The van der Waals surface area contributed by atoms with Crippen LogP contribution in [0.3, 0.4) is 0 Å². The Hall–Kier alpha value is -2.90. The first-order chi connectivity index (χ1) is 14.6. The van der Waals surface area contributed by atoms with E-state index in [-0.39, 0.29) is 11.7 Å². The molecule has 0 saturated carbocycles. The summed E-state index contributed by atoms with van der Waals surface area (Å²) in [4.78, 5) is 14.6. The zero-order valence-electron chi connectivity index (χ0n) is 17.1. The van der Waals surface area contributed by atoms with Crippen LogP contribution in [0.2, 0.25) is 0 Å².